The molecule has 3 N–H and O–H groups in total. The molecule has 30 heavy (non-hydrogen) atoms. The van der Waals surface area contributed by atoms with E-state index in [1.54, 1.807) is 17.2 Å². The molecule has 9 heteroatoms. The van der Waals surface area contributed by atoms with Crippen molar-refractivity contribution in [3.8, 4) is 0 Å². The van der Waals surface area contributed by atoms with Gasteiger partial charge in [0.25, 0.3) is 0 Å². The van der Waals surface area contributed by atoms with E-state index in [-0.39, 0.29) is 29.9 Å². The van der Waals surface area contributed by atoms with Crippen LogP contribution in [-0.2, 0) is 28.1 Å². The zero-order valence-electron chi connectivity index (χ0n) is 17.9. The van der Waals surface area contributed by atoms with E-state index in [2.05, 4.69) is 39.5 Å². The quantitative estimate of drug-likeness (QED) is 0.669. The van der Waals surface area contributed by atoms with Crippen molar-refractivity contribution in [3.05, 3.63) is 35.7 Å². The lowest BCUT2D eigenvalue weighted by Gasteiger charge is -2.46. The summed E-state index contributed by atoms with van der Waals surface area (Å²) in [6.07, 6.45) is 7.39. The zero-order chi connectivity index (χ0) is 21.3. The number of imidazole rings is 1. The Hall–Kier alpha value is -2.68. The van der Waals surface area contributed by atoms with E-state index in [1.165, 1.54) is 0 Å². The summed E-state index contributed by atoms with van der Waals surface area (Å²) in [5.74, 6) is 0.496. The molecule has 9 nitrogen and oxygen atoms in total. The lowest BCUT2D eigenvalue weighted by atomic mass is 9.78. The third-order valence-electron chi connectivity index (χ3n) is 6.06. The number of hydrogen-bond donors (Lipinski definition) is 3. The molecule has 0 bridgehead atoms. The van der Waals surface area contributed by atoms with Gasteiger partial charge in [-0.3, -0.25) is 19.6 Å². The van der Waals surface area contributed by atoms with Gasteiger partial charge in [-0.05, 0) is 31.2 Å². The number of carbonyl (C=O) groups excluding carboxylic acids is 2. The van der Waals surface area contributed by atoms with E-state index in [9.17, 15) is 9.59 Å². The van der Waals surface area contributed by atoms with E-state index in [0.717, 1.165) is 29.8 Å². The number of aryl methyl sites for hydroxylation is 1. The SMILES string of the molecule is Cc1cnn(CC(=O)N2CCC3(CC2)N[C@H](C(=O)NCC(C)C)Cc2[nH]cnc23)c1. The molecular formula is C21H31N7O2. The van der Waals surface area contributed by atoms with Gasteiger partial charge in [0.2, 0.25) is 11.8 Å². The van der Waals surface area contributed by atoms with Crippen molar-refractivity contribution in [1.82, 2.24) is 35.3 Å². The van der Waals surface area contributed by atoms with Crippen LogP contribution in [0.25, 0.3) is 0 Å². The summed E-state index contributed by atoms with van der Waals surface area (Å²) in [4.78, 5) is 35.2. The highest BCUT2D eigenvalue weighted by Gasteiger charge is 2.46. The third kappa shape index (κ3) is 4.12. The first kappa shape index (κ1) is 20.6. The maximum atomic E-state index is 12.8. The highest BCUT2D eigenvalue weighted by molar-refractivity contribution is 5.82. The summed E-state index contributed by atoms with van der Waals surface area (Å²) in [7, 11) is 0. The van der Waals surface area contributed by atoms with Crippen LogP contribution < -0.4 is 10.6 Å². The Kier molecular flexibility index (Phi) is 5.64. The minimum atomic E-state index is -0.382. The van der Waals surface area contributed by atoms with Gasteiger partial charge in [-0.15, -0.1) is 0 Å². The Morgan fingerprint density at radius 3 is 2.77 bits per heavy atom. The molecule has 1 atom stereocenters. The molecule has 4 heterocycles. The lowest BCUT2D eigenvalue weighted by molar-refractivity contribution is -0.134. The summed E-state index contributed by atoms with van der Waals surface area (Å²) in [6, 6.07) is -0.300. The summed E-state index contributed by atoms with van der Waals surface area (Å²) >= 11 is 0. The molecule has 2 aromatic rings. The monoisotopic (exact) mass is 413 g/mol. The van der Waals surface area contributed by atoms with Gasteiger partial charge in [0.1, 0.15) is 6.54 Å². The van der Waals surface area contributed by atoms with Crippen LogP contribution in [0.4, 0.5) is 0 Å². The number of rotatable bonds is 5. The van der Waals surface area contributed by atoms with Gasteiger partial charge in [0.15, 0.2) is 0 Å². The van der Waals surface area contributed by atoms with Crippen molar-refractivity contribution in [2.24, 2.45) is 5.92 Å². The summed E-state index contributed by atoms with van der Waals surface area (Å²) in [5, 5.41) is 10.9. The molecule has 0 aliphatic carbocycles. The van der Waals surface area contributed by atoms with Gasteiger partial charge in [0.05, 0.1) is 29.8 Å². The maximum Gasteiger partial charge on any atom is 0.244 e. The topological polar surface area (TPSA) is 108 Å². The number of nitrogens with one attached hydrogen (secondary N) is 3. The van der Waals surface area contributed by atoms with E-state index in [4.69, 9.17) is 0 Å². The first-order valence-electron chi connectivity index (χ1n) is 10.7. The Morgan fingerprint density at radius 2 is 2.10 bits per heavy atom. The van der Waals surface area contributed by atoms with Gasteiger partial charge in [0, 0.05) is 37.9 Å². The van der Waals surface area contributed by atoms with Crippen molar-refractivity contribution in [1.29, 1.82) is 0 Å². The van der Waals surface area contributed by atoms with Crippen LogP contribution in [0.15, 0.2) is 18.7 Å². The molecule has 2 aromatic heterocycles. The maximum absolute atomic E-state index is 12.8. The summed E-state index contributed by atoms with van der Waals surface area (Å²) in [6.45, 7) is 8.29. The van der Waals surface area contributed by atoms with Crippen molar-refractivity contribution in [2.45, 2.75) is 58.2 Å². The highest BCUT2D eigenvalue weighted by Crippen LogP contribution is 2.37. The fourth-order valence-electron chi connectivity index (χ4n) is 4.44. The molecule has 2 aliphatic heterocycles. The Balaban J connectivity index is 1.43. The van der Waals surface area contributed by atoms with E-state index in [0.29, 0.717) is 32.0 Å². The molecule has 1 fully saturated rings. The lowest BCUT2D eigenvalue weighted by Crippen LogP contribution is -2.62. The zero-order valence-corrected chi connectivity index (χ0v) is 17.9. The average Bonchev–Trinajstić information content (AvgIpc) is 3.35. The van der Waals surface area contributed by atoms with E-state index in [1.807, 2.05) is 18.0 Å². The molecule has 0 unspecified atom stereocenters. The molecule has 2 amide bonds. The Bertz CT molecular complexity index is 908. The number of hydrogen-bond acceptors (Lipinski definition) is 5. The number of fused-ring (bicyclic) bond motifs is 2. The van der Waals surface area contributed by atoms with E-state index < -0.39 is 0 Å². The summed E-state index contributed by atoms with van der Waals surface area (Å²) in [5.41, 5.74) is 2.67. The minimum Gasteiger partial charge on any atom is -0.354 e. The van der Waals surface area contributed by atoms with Crippen molar-refractivity contribution in [3.63, 3.8) is 0 Å². The highest BCUT2D eigenvalue weighted by atomic mass is 16.2. The largest absolute Gasteiger partial charge is 0.354 e. The molecule has 1 saturated heterocycles. The van der Waals surface area contributed by atoms with Crippen LogP contribution in [0.5, 0.6) is 0 Å². The Labute approximate surface area is 176 Å². The molecular weight excluding hydrogens is 382 g/mol. The normalized spacial score (nSPS) is 20.4. The second-order valence-electron chi connectivity index (χ2n) is 8.95. The van der Waals surface area contributed by atoms with Gasteiger partial charge >= 0.3 is 0 Å². The number of H-pyrrole nitrogens is 1. The fraction of sp³-hybridized carbons (Fsp3) is 0.619. The molecule has 0 saturated carbocycles. The molecule has 162 valence electrons. The number of nitrogens with zero attached hydrogens (tertiary/aromatic N) is 4. The first-order chi connectivity index (χ1) is 14.4. The second-order valence-corrected chi connectivity index (χ2v) is 8.95. The fourth-order valence-corrected chi connectivity index (χ4v) is 4.44. The molecule has 1 spiro atoms. The van der Waals surface area contributed by atoms with Crippen LogP contribution in [0.1, 0.15) is 43.6 Å². The van der Waals surface area contributed by atoms with Crippen LogP contribution in [0.2, 0.25) is 0 Å². The predicted octanol–water partition coefficient (Wildman–Crippen LogP) is 0.719. The van der Waals surface area contributed by atoms with Crippen LogP contribution in [0, 0.1) is 12.8 Å². The molecule has 0 radical (unpaired) electrons. The minimum absolute atomic E-state index is 0.0240. The van der Waals surface area contributed by atoms with Crippen LogP contribution >= 0.6 is 0 Å². The van der Waals surface area contributed by atoms with Crippen LogP contribution in [0.3, 0.4) is 0 Å². The first-order valence-corrected chi connectivity index (χ1v) is 10.7. The molecule has 4 rings (SSSR count). The predicted molar refractivity (Wildman–Crippen MR) is 112 cm³/mol. The number of amides is 2. The number of piperidine rings is 1. The van der Waals surface area contributed by atoms with Crippen LogP contribution in [-0.4, -0.2) is 62.1 Å². The smallest absolute Gasteiger partial charge is 0.244 e. The second kappa shape index (κ2) is 8.22. The van der Waals surface area contributed by atoms with Crippen molar-refractivity contribution >= 4 is 11.8 Å². The number of aromatic nitrogens is 4. The average molecular weight is 414 g/mol. The third-order valence-corrected chi connectivity index (χ3v) is 6.06. The Morgan fingerprint density at radius 1 is 1.33 bits per heavy atom. The number of aromatic amines is 1. The van der Waals surface area contributed by atoms with Crippen molar-refractivity contribution < 1.29 is 9.59 Å². The molecule has 2 aliphatic rings. The number of carbonyl (C=O) groups is 2. The van der Waals surface area contributed by atoms with Crippen molar-refractivity contribution in [2.75, 3.05) is 19.6 Å². The van der Waals surface area contributed by atoms with Gasteiger partial charge in [-0.2, -0.15) is 5.10 Å². The summed E-state index contributed by atoms with van der Waals surface area (Å²) < 4.78 is 1.68. The molecule has 0 aromatic carbocycles. The van der Waals surface area contributed by atoms with E-state index >= 15 is 0 Å². The van der Waals surface area contributed by atoms with Gasteiger partial charge in [-0.1, -0.05) is 13.8 Å². The number of likely N-dealkylation sites (tertiary alicyclic amines) is 1. The van der Waals surface area contributed by atoms with Gasteiger partial charge < -0.3 is 15.2 Å². The van der Waals surface area contributed by atoms with Gasteiger partial charge in [-0.25, -0.2) is 4.98 Å². The standard InChI is InChI=1S/C21H31N7O2/c1-14(2)9-22-20(30)17-8-16-19(24-13-23-16)21(26-17)4-6-27(7-5-21)18(29)12-28-11-15(3)10-25-28/h10-11,13-14,17,26H,4-9,12H2,1-3H3,(H,22,30)(H,23,24)/t17-/m0/s1.